The number of rotatable bonds is 24. The molecular weight excluding hydrogens is 564 g/mol. The zero-order chi connectivity index (χ0) is 30.9. The molecule has 0 saturated heterocycles. The number of pyridine rings is 2. The maximum Gasteiger partial charge on any atom is 0.127 e. The van der Waals surface area contributed by atoms with Crippen molar-refractivity contribution >= 4 is 24.3 Å². The van der Waals surface area contributed by atoms with Crippen LogP contribution in [0.4, 0.5) is 0 Å². The zero-order valence-corrected chi connectivity index (χ0v) is 25.7. The van der Waals surface area contributed by atoms with Gasteiger partial charge in [0.2, 0.25) is 0 Å². The van der Waals surface area contributed by atoms with Crippen molar-refractivity contribution in [1.29, 1.82) is 0 Å². The molecule has 238 valence electrons. The number of benzene rings is 1. The lowest BCUT2D eigenvalue weighted by atomic mass is 10.1. The Kier molecular flexibility index (Phi) is 18.1. The molecule has 0 amide bonds. The summed E-state index contributed by atoms with van der Waals surface area (Å²) < 4.78 is 44.7. The molecule has 3 rings (SSSR count). The van der Waals surface area contributed by atoms with Gasteiger partial charge in [-0.3, -0.25) is 9.97 Å². The van der Waals surface area contributed by atoms with Gasteiger partial charge in [0.25, 0.3) is 0 Å². The largest absolute Gasteiger partial charge is 0.491 e. The highest BCUT2D eigenvalue weighted by atomic mass is 16.6. The van der Waals surface area contributed by atoms with Crippen molar-refractivity contribution in [3.8, 4) is 11.5 Å². The molecular formula is C34H44N2O8. The first kappa shape index (κ1) is 34.8. The Morgan fingerprint density at radius 3 is 1.25 bits per heavy atom. The van der Waals surface area contributed by atoms with Crippen LogP contribution in [0.25, 0.3) is 24.3 Å². The summed E-state index contributed by atoms with van der Waals surface area (Å²) in [4.78, 5) is 8.41. The molecule has 0 aliphatic carbocycles. The van der Waals surface area contributed by atoms with Gasteiger partial charge in [-0.1, -0.05) is 36.4 Å². The third kappa shape index (κ3) is 14.7. The summed E-state index contributed by atoms with van der Waals surface area (Å²) >= 11 is 0. The van der Waals surface area contributed by atoms with Gasteiger partial charge < -0.3 is 37.9 Å². The normalized spacial score (nSPS) is 11.5. The van der Waals surface area contributed by atoms with Crippen molar-refractivity contribution in [1.82, 2.24) is 9.97 Å². The summed E-state index contributed by atoms with van der Waals surface area (Å²) in [5.41, 5.74) is 3.66. The van der Waals surface area contributed by atoms with Gasteiger partial charge in [-0.25, -0.2) is 0 Å². The lowest BCUT2D eigenvalue weighted by Gasteiger charge is -2.16. The van der Waals surface area contributed by atoms with Gasteiger partial charge in [0, 0.05) is 50.1 Å². The van der Waals surface area contributed by atoms with Gasteiger partial charge in [0.05, 0.1) is 66.1 Å². The van der Waals surface area contributed by atoms with E-state index in [0.29, 0.717) is 90.8 Å². The van der Waals surface area contributed by atoms with Crippen molar-refractivity contribution in [2.24, 2.45) is 0 Å². The second-order valence-electron chi connectivity index (χ2n) is 9.30. The van der Waals surface area contributed by atoms with Crippen LogP contribution in [0.2, 0.25) is 0 Å². The molecule has 2 heterocycles. The summed E-state index contributed by atoms with van der Waals surface area (Å²) in [7, 11) is 3.29. The molecule has 0 atom stereocenters. The van der Waals surface area contributed by atoms with Crippen molar-refractivity contribution in [3.63, 3.8) is 0 Å². The van der Waals surface area contributed by atoms with Crippen LogP contribution >= 0.6 is 0 Å². The first-order chi connectivity index (χ1) is 21.8. The number of ether oxygens (including phenoxy) is 8. The fourth-order valence-corrected chi connectivity index (χ4v) is 3.77. The number of hydrogen-bond donors (Lipinski definition) is 0. The van der Waals surface area contributed by atoms with Crippen molar-refractivity contribution in [3.05, 3.63) is 83.4 Å². The van der Waals surface area contributed by atoms with E-state index >= 15 is 0 Å². The SMILES string of the molecule is COCCOCCOCCOc1cc(/C=C/c2cccnc2)c(OCCOCCOCCOC)cc1/C=C/c1cccnc1. The van der Waals surface area contributed by atoms with Crippen molar-refractivity contribution in [2.45, 2.75) is 0 Å². The molecule has 0 aliphatic heterocycles. The van der Waals surface area contributed by atoms with Crippen LogP contribution in [0.3, 0.4) is 0 Å². The van der Waals surface area contributed by atoms with Crippen LogP contribution < -0.4 is 9.47 Å². The maximum absolute atomic E-state index is 6.21. The Morgan fingerprint density at radius 1 is 0.500 bits per heavy atom. The Balaban J connectivity index is 1.71. The molecule has 2 aromatic heterocycles. The Labute approximate surface area is 260 Å². The average Bonchev–Trinajstić information content (AvgIpc) is 3.06. The summed E-state index contributed by atoms with van der Waals surface area (Å²) in [6.45, 7) is 5.77. The topological polar surface area (TPSA) is 99.6 Å². The van der Waals surface area contributed by atoms with Crippen LogP contribution in [0.15, 0.2) is 61.2 Å². The minimum Gasteiger partial charge on any atom is -0.491 e. The van der Waals surface area contributed by atoms with E-state index in [1.807, 2.05) is 60.7 Å². The van der Waals surface area contributed by atoms with Gasteiger partial charge in [0.15, 0.2) is 0 Å². The number of aromatic nitrogens is 2. The molecule has 0 unspecified atom stereocenters. The van der Waals surface area contributed by atoms with E-state index in [1.54, 1.807) is 39.0 Å². The van der Waals surface area contributed by atoms with E-state index in [0.717, 1.165) is 22.3 Å². The van der Waals surface area contributed by atoms with E-state index in [1.165, 1.54) is 0 Å². The molecule has 10 heteroatoms. The van der Waals surface area contributed by atoms with E-state index in [-0.39, 0.29) is 0 Å². The molecule has 0 aliphatic rings. The molecule has 1 aromatic carbocycles. The van der Waals surface area contributed by atoms with Gasteiger partial charge in [-0.2, -0.15) is 0 Å². The number of methoxy groups -OCH3 is 2. The molecule has 0 saturated carbocycles. The third-order valence-electron chi connectivity index (χ3n) is 6.00. The van der Waals surface area contributed by atoms with Crippen LogP contribution in [-0.2, 0) is 28.4 Å². The Morgan fingerprint density at radius 2 is 0.886 bits per heavy atom. The van der Waals surface area contributed by atoms with Gasteiger partial charge in [-0.05, 0) is 35.4 Å². The quantitative estimate of drug-likeness (QED) is 0.130. The first-order valence-electron chi connectivity index (χ1n) is 14.7. The summed E-state index contributed by atoms with van der Waals surface area (Å²) in [5.74, 6) is 1.40. The second kappa shape index (κ2) is 22.8. The zero-order valence-electron chi connectivity index (χ0n) is 25.7. The van der Waals surface area contributed by atoms with Gasteiger partial charge in [-0.15, -0.1) is 0 Å². The predicted molar refractivity (Wildman–Crippen MR) is 171 cm³/mol. The Hall–Kier alpha value is -3.64. The van der Waals surface area contributed by atoms with E-state index in [2.05, 4.69) is 9.97 Å². The fraction of sp³-hybridized carbons (Fsp3) is 0.412. The molecule has 0 bridgehead atoms. The highest BCUT2D eigenvalue weighted by Gasteiger charge is 2.11. The van der Waals surface area contributed by atoms with Crippen molar-refractivity contribution in [2.75, 3.05) is 93.5 Å². The summed E-state index contributed by atoms with van der Waals surface area (Å²) in [6, 6.07) is 11.7. The smallest absolute Gasteiger partial charge is 0.127 e. The van der Waals surface area contributed by atoms with Crippen molar-refractivity contribution < 1.29 is 37.9 Å². The highest BCUT2D eigenvalue weighted by Crippen LogP contribution is 2.32. The lowest BCUT2D eigenvalue weighted by Crippen LogP contribution is -2.13. The minimum atomic E-state index is 0.373. The number of hydrogen-bond acceptors (Lipinski definition) is 10. The van der Waals surface area contributed by atoms with E-state index in [9.17, 15) is 0 Å². The molecule has 3 aromatic rings. The molecule has 44 heavy (non-hydrogen) atoms. The van der Waals surface area contributed by atoms with Crippen LogP contribution in [0.1, 0.15) is 22.3 Å². The molecule has 0 radical (unpaired) electrons. The standard InChI is InChI=1S/C34H44N2O8/c1-37-13-15-39-17-19-41-21-23-43-33-25-32(10-8-30-6-4-12-36-28-30)34(44-24-22-42-20-18-40-16-14-38-2)26-31(33)9-7-29-5-3-11-35-27-29/h3-12,25-28H,13-24H2,1-2H3/b9-7+,10-8+. The third-order valence-corrected chi connectivity index (χ3v) is 6.00. The minimum absolute atomic E-state index is 0.373. The molecule has 0 spiro atoms. The molecule has 0 fully saturated rings. The summed E-state index contributed by atoms with van der Waals surface area (Å²) in [6.07, 6.45) is 15.1. The first-order valence-corrected chi connectivity index (χ1v) is 14.7. The average molecular weight is 609 g/mol. The lowest BCUT2D eigenvalue weighted by molar-refractivity contribution is 0.0177. The fourth-order valence-electron chi connectivity index (χ4n) is 3.77. The molecule has 0 N–H and O–H groups in total. The monoisotopic (exact) mass is 608 g/mol. The van der Waals surface area contributed by atoms with Gasteiger partial charge in [0.1, 0.15) is 24.7 Å². The summed E-state index contributed by atoms with van der Waals surface area (Å²) in [5, 5.41) is 0. The van der Waals surface area contributed by atoms with E-state index in [4.69, 9.17) is 37.9 Å². The van der Waals surface area contributed by atoms with Crippen LogP contribution in [0.5, 0.6) is 11.5 Å². The second-order valence-corrected chi connectivity index (χ2v) is 9.30. The number of nitrogens with zero attached hydrogens (tertiary/aromatic N) is 2. The highest BCUT2D eigenvalue weighted by molar-refractivity contribution is 5.78. The molecule has 10 nitrogen and oxygen atoms in total. The Bertz CT molecular complexity index is 1110. The van der Waals surface area contributed by atoms with Crippen LogP contribution in [0, 0.1) is 0 Å². The maximum atomic E-state index is 6.21. The van der Waals surface area contributed by atoms with Gasteiger partial charge >= 0.3 is 0 Å². The van der Waals surface area contributed by atoms with Crippen LogP contribution in [-0.4, -0.2) is 103 Å². The van der Waals surface area contributed by atoms with E-state index < -0.39 is 0 Å². The predicted octanol–water partition coefficient (Wildman–Crippen LogP) is 4.93.